The number of carbonyl (C=O) groups is 2. The number of rotatable bonds is 10. The van der Waals surface area contributed by atoms with Gasteiger partial charge in [0.05, 0.1) is 29.9 Å². The highest BCUT2D eigenvalue weighted by atomic mass is 127. The summed E-state index contributed by atoms with van der Waals surface area (Å²) in [6.07, 6.45) is 5.76. The van der Waals surface area contributed by atoms with E-state index in [0.717, 1.165) is 38.5 Å². The van der Waals surface area contributed by atoms with Gasteiger partial charge in [-0.1, -0.05) is 39.5 Å². The Hall–Kier alpha value is -1.89. The van der Waals surface area contributed by atoms with Crippen molar-refractivity contribution in [3.05, 3.63) is 32.9 Å². The van der Waals surface area contributed by atoms with Crippen molar-refractivity contribution in [2.24, 2.45) is 5.92 Å². The summed E-state index contributed by atoms with van der Waals surface area (Å²) in [7, 11) is 1.50. The van der Waals surface area contributed by atoms with Crippen LogP contribution in [0.2, 0.25) is 0 Å². The molecular weight excluding hydrogens is 603 g/mol. The van der Waals surface area contributed by atoms with E-state index >= 15 is 0 Å². The molecule has 0 aliphatic heterocycles. The smallest absolute Gasteiger partial charge is 0.247 e. The first-order chi connectivity index (χ1) is 18.2. The van der Waals surface area contributed by atoms with Crippen LogP contribution in [0.25, 0.3) is 0 Å². The maximum atomic E-state index is 13.6. The fourth-order valence-electron chi connectivity index (χ4n) is 5.31. The number of aliphatic hydroxyl groups is 3. The second kappa shape index (κ2) is 14.5. The van der Waals surface area contributed by atoms with Crippen molar-refractivity contribution < 1.29 is 34.4 Å². The first-order valence-electron chi connectivity index (χ1n) is 13.5. The lowest BCUT2D eigenvalue weighted by Gasteiger charge is -2.45. The van der Waals surface area contributed by atoms with Crippen LogP contribution in [0.5, 0.6) is 11.5 Å². The van der Waals surface area contributed by atoms with Gasteiger partial charge in [0.1, 0.15) is 12.2 Å². The number of hydrogen-bond acceptors (Lipinski definition) is 7. The molecule has 0 spiro atoms. The molecule has 2 aliphatic rings. The summed E-state index contributed by atoms with van der Waals surface area (Å²) >= 11 is 2.09. The molecule has 212 valence electrons. The number of aliphatic hydroxyl groups excluding tert-OH is 3. The number of methoxy groups -OCH3 is 1. The quantitative estimate of drug-likeness (QED) is 0.228. The summed E-state index contributed by atoms with van der Waals surface area (Å²) < 4.78 is 12.5. The molecule has 1 aromatic carbocycles. The van der Waals surface area contributed by atoms with Gasteiger partial charge in [0, 0.05) is 30.5 Å². The molecule has 0 radical (unpaired) electrons. The summed E-state index contributed by atoms with van der Waals surface area (Å²) in [6, 6.07) is 2.76. The molecule has 38 heavy (non-hydrogen) atoms. The number of halogens is 1. The van der Waals surface area contributed by atoms with Crippen molar-refractivity contribution in [2.75, 3.05) is 20.3 Å². The van der Waals surface area contributed by atoms with Gasteiger partial charge in [-0.2, -0.15) is 0 Å². The zero-order valence-corrected chi connectivity index (χ0v) is 24.6. The van der Waals surface area contributed by atoms with E-state index in [-0.39, 0.29) is 50.0 Å². The van der Waals surface area contributed by atoms with Gasteiger partial charge in [-0.3, -0.25) is 9.59 Å². The summed E-state index contributed by atoms with van der Waals surface area (Å²) in [5.41, 5.74) is 1.05. The first-order valence-corrected chi connectivity index (χ1v) is 14.5. The minimum Gasteiger partial charge on any atom is -0.493 e. The van der Waals surface area contributed by atoms with Crippen molar-refractivity contribution in [1.82, 2.24) is 10.2 Å². The molecule has 10 heteroatoms. The average Bonchev–Trinajstić information content (AvgIpc) is 3.19. The van der Waals surface area contributed by atoms with E-state index in [9.17, 15) is 24.9 Å². The van der Waals surface area contributed by atoms with Gasteiger partial charge in [0.25, 0.3) is 0 Å². The number of nitrogens with zero attached hydrogens (tertiary/aromatic N) is 1. The normalized spacial score (nSPS) is 22.4. The van der Waals surface area contributed by atoms with Crippen LogP contribution in [0, 0.1) is 9.49 Å². The Labute approximate surface area is 238 Å². The molecule has 9 nitrogen and oxygen atoms in total. The predicted molar refractivity (Wildman–Crippen MR) is 152 cm³/mol. The summed E-state index contributed by atoms with van der Waals surface area (Å²) in [5.74, 6) is 0.108. The lowest BCUT2D eigenvalue weighted by Crippen LogP contribution is -2.58. The molecule has 0 saturated heterocycles. The van der Waals surface area contributed by atoms with Crippen LogP contribution < -0.4 is 14.8 Å². The summed E-state index contributed by atoms with van der Waals surface area (Å²) in [5, 5.41) is 33.2. The van der Waals surface area contributed by atoms with Crippen LogP contribution in [0.4, 0.5) is 0 Å². The fraction of sp³-hybridized carbons (Fsp3) is 0.643. The molecule has 2 amide bonds. The number of hydrogen-bond donors (Lipinski definition) is 4. The third-order valence-electron chi connectivity index (χ3n) is 7.26. The third-order valence-corrected chi connectivity index (χ3v) is 8.07. The van der Waals surface area contributed by atoms with E-state index in [1.165, 1.54) is 7.11 Å². The van der Waals surface area contributed by atoms with E-state index in [1.54, 1.807) is 18.2 Å². The zero-order valence-electron chi connectivity index (χ0n) is 22.5. The summed E-state index contributed by atoms with van der Waals surface area (Å²) in [6.45, 7) is 3.45. The Morgan fingerprint density at radius 3 is 2.42 bits per heavy atom. The van der Waals surface area contributed by atoms with Gasteiger partial charge in [0.2, 0.25) is 11.8 Å². The fourth-order valence-corrected chi connectivity index (χ4v) is 6.10. The Kier molecular flexibility index (Phi) is 11.7. The monoisotopic (exact) mass is 644 g/mol. The van der Waals surface area contributed by atoms with Crippen molar-refractivity contribution >= 4 is 34.4 Å². The standard InChI is InChI=1S/C28H41IN2O7/c1-17(2)28(36)31(20-8-6-4-5-7-9-20)22-14-19(27(35)30-10-11-32)15-23(25(22)34)38-26-21(29)12-18(16-33)13-24(26)37-3/h12-13,15,17,20,22-23,25,32-34H,4-11,14,16H2,1-3H3,(H,30,35)/t22-,23+,25+/m1/s1. The van der Waals surface area contributed by atoms with Gasteiger partial charge in [-0.15, -0.1) is 0 Å². The van der Waals surface area contributed by atoms with Crippen molar-refractivity contribution in [3.63, 3.8) is 0 Å². The highest BCUT2D eigenvalue weighted by Gasteiger charge is 2.43. The molecule has 0 aromatic heterocycles. The second-order valence-corrected chi connectivity index (χ2v) is 11.5. The molecule has 2 aliphatic carbocycles. The molecular formula is C28H41IN2O7. The summed E-state index contributed by atoms with van der Waals surface area (Å²) in [4.78, 5) is 28.5. The highest BCUT2D eigenvalue weighted by molar-refractivity contribution is 14.1. The van der Waals surface area contributed by atoms with E-state index in [1.807, 2.05) is 18.7 Å². The Balaban J connectivity index is 2.03. The number of benzene rings is 1. The minimum atomic E-state index is -1.09. The zero-order chi connectivity index (χ0) is 27.8. The van der Waals surface area contributed by atoms with Crippen LogP contribution in [0.15, 0.2) is 23.8 Å². The lowest BCUT2D eigenvalue weighted by molar-refractivity contribution is -0.146. The SMILES string of the molecule is COc1cc(CO)cc(I)c1O[C@H]1C=C(C(=O)NCCO)C[C@@H](N(C(=O)C(C)C)C2CCCCCC2)[C@@H]1O. The van der Waals surface area contributed by atoms with Crippen LogP contribution in [-0.2, 0) is 16.2 Å². The molecule has 0 heterocycles. The Morgan fingerprint density at radius 2 is 1.84 bits per heavy atom. The maximum Gasteiger partial charge on any atom is 0.247 e. The molecule has 3 rings (SSSR count). The lowest BCUT2D eigenvalue weighted by atomic mass is 9.86. The van der Waals surface area contributed by atoms with Crippen LogP contribution in [0.3, 0.4) is 0 Å². The van der Waals surface area contributed by atoms with Crippen molar-refractivity contribution in [1.29, 1.82) is 0 Å². The molecule has 4 N–H and O–H groups in total. The van der Waals surface area contributed by atoms with Crippen LogP contribution in [-0.4, -0.2) is 76.6 Å². The second-order valence-electron chi connectivity index (χ2n) is 10.3. The number of carbonyl (C=O) groups excluding carboxylic acids is 2. The van der Waals surface area contributed by atoms with Crippen LogP contribution in [0.1, 0.15) is 64.4 Å². The van der Waals surface area contributed by atoms with Crippen molar-refractivity contribution in [3.8, 4) is 11.5 Å². The third kappa shape index (κ3) is 7.40. The number of nitrogens with one attached hydrogen (secondary N) is 1. The Bertz CT molecular complexity index is 992. The van der Waals surface area contributed by atoms with Gasteiger partial charge >= 0.3 is 0 Å². The van der Waals surface area contributed by atoms with E-state index in [4.69, 9.17) is 9.47 Å². The molecule has 1 saturated carbocycles. The van der Waals surface area contributed by atoms with Gasteiger partial charge in [-0.25, -0.2) is 0 Å². The highest BCUT2D eigenvalue weighted by Crippen LogP contribution is 2.38. The molecule has 0 bridgehead atoms. The van der Waals surface area contributed by atoms with Gasteiger partial charge < -0.3 is 35.0 Å². The van der Waals surface area contributed by atoms with Crippen molar-refractivity contribution in [2.45, 2.75) is 89.7 Å². The minimum absolute atomic E-state index is 0.0222. The van der Waals surface area contributed by atoms with E-state index in [2.05, 4.69) is 27.9 Å². The molecule has 1 fully saturated rings. The first kappa shape index (κ1) is 30.6. The largest absolute Gasteiger partial charge is 0.493 e. The Morgan fingerprint density at radius 1 is 1.16 bits per heavy atom. The molecule has 0 unspecified atom stereocenters. The van der Waals surface area contributed by atoms with Gasteiger partial charge in [-0.05, 0) is 59.2 Å². The average molecular weight is 645 g/mol. The van der Waals surface area contributed by atoms with Gasteiger partial charge in [0.15, 0.2) is 11.5 Å². The maximum absolute atomic E-state index is 13.6. The number of amides is 2. The molecule has 3 atom stereocenters. The molecule has 1 aromatic rings. The van der Waals surface area contributed by atoms with E-state index < -0.39 is 18.2 Å². The topological polar surface area (TPSA) is 129 Å². The van der Waals surface area contributed by atoms with Crippen LogP contribution >= 0.6 is 22.6 Å². The number of ether oxygens (including phenoxy) is 2. The van der Waals surface area contributed by atoms with E-state index in [0.29, 0.717) is 26.2 Å². The predicted octanol–water partition coefficient (Wildman–Crippen LogP) is 2.92.